The standard InChI is InChI=1S/C26H26N4OS/c1-2-5-17(6-3-1)16-31-22-8-4-7-21(12-22)23-29-30-24(27-28-25(30)32-23)26-13-18-9-19(14-26)11-20(10-18)15-26/h1-8,12,18-20H,9-11,13-16H2. The van der Waals surface area contributed by atoms with Crippen molar-refractivity contribution in [2.75, 3.05) is 0 Å². The Labute approximate surface area is 191 Å². The largest absolute Gasteiger partial charge is 0.489 e. The molecule has 0 spiro atoms. The zero-order valence-corrected chi connectivity index (χ0v) is 18.8. The third-order valence-corrected chi connectivity index (χ3v) is 8.78. The molecule has 0 saturated heterocycles. The maximum absolute atomic E-state index is 6.04. The fourth-order valence-corrected chi connectivity index (χ4v) is 7.74. The van der Waals surface area contributed by atoms with Crippen LogP contribution in [0.4, 0.5) is 0 Å². The molecule has 4 bridgehead atoms. The Bertz CT molecular complexity index is 1240. The van der Waals surface area contributed by atoms with Gasteiger partial charge in [0.2, 0.25) is 4.96 Å². The molecule has 2 heterocycles. The molecule has 2 aromatic heterocycles. The molecule has 4 aliphatic rings. The summed E-state index contributed by atoms with van der Waals surface area (Å²) in [7, 11) is 0. The van der Waals surface area contributed by atoms with Gasteiger partial charge < -0.3 is 4.74 Å². The molecular formula is C26H26N4OS. The third kappa shape index (κ3) is 3.07. The fraction of sp³-hybridized carbons (Fsp3) is 0.423. The van der Waals surface area contributed by atoms with E-state index in [1.165, 1.54) is 38.5 Å². The molecule has 32 heavy (non-hydrogen) atoms. The van der Waals surface area contributed by atoms with E-state index in [9.17, 15) is 0 Å². The topological polar surface area (TPSA) is 52.3 Å². The monoisotopic (exact) mass is 442 g/mol. The van der Waals surface area contributed by atoms with Gasteiger partial charge in [0.25, 0.3) is 0 Å². The van der Waals surface area contributed by atoms with Gasteiger partial charge in [0.15, 0.2) is 5.82 Å². The van der Waals surface area contributed by atoms with Crippen LogP contribution < -0.4 is 4.74 Å². The van der Waals surface area contributed by atoms with Gasteiger partial charge in [-0.05, 0) is 74.0 Å². The van der Waals surface area contributed by atoms with E-state index < -0.39 is 0 Å². The average Bonchev–Trinajstić information content (AvgIpc) is 3.39. The summed E-state index contributed by atoms with van der Waals surface area (Å²) in [6, 6.07) is 18.5. The van der Waals surface area contributed by atoms with Gasteiger partial charge >= 0.3 is 0 Å². The van der Waals surface area contributed by atoms with Crippen LogP contribution in [-0.2, 0) is 12.0 Å². The van der Waals surface area contributed by atoms with Crippen LogP contribution in [0, 0.1) is 17.8 Å². The highest BCUT2D eigenvalue weighted by Crippen LogP contribution is 2.60. The number of benzene rings is 2. The smallest absolute Gasteiger partial charge is 0.235 e. The number of hydrogen-bond acceptors (Lipinski definition) is 5. The molecule has 0 atom stereocenters. The van der Waals surface area contributed by atoms with Crippen molar-refractivity contribution in [1.29, 1.82) is 0 Å². The van der Waals surface area contributed by atoms with E-state index in [0.29, 0.717) is 6.61 Å². The lowest BCUT2D eigenvalue weighted by atomic mass is 9.49. The molecule has 0 radical (unpaired) electrons. The fourth-order valence-electron chi connectivity index (χ4n) is 6.91. The van der Waals surface area contributed by atoms with Gasteiger partial charge in [-0.25, -0.2) is 0 Å². The summed E-state index contributed by atoms with van der Waals surface area (Å²) in [4.78, 5) is 0.904. The second-order valence-electron chi connectivity index (χ2n) is 10.1. The Morgan fingerprint density at radius 2 is 1.66 bits per heavy atom. The Kier molecular flexibility index (Phi) is 4.19. The quantitative estimate of drug-likeness (QED) is 0.386. The number of ether oxygens (including phenoxy) is 1. The van der Waals surface area contributed by atoms with Crippen molar-refractivity contribution in [1.82, 2.24) is 19.8 Å². The van der Waals surface area contributed by atoms with Crippen molar-refractivity contribution >= 4 is 16.3 Å². The molecule has 4 saturated carbocycles. The third-order valence-electron chi connectivity index (χ3n) is 7.83. The molecule has 4 fully saturated rings. The van der Waals surface area contributed by atoms with Crippen molar-refractivity contribution in [2.24, 2.45) is 17.8 Å². The maximum atomic E-state index is 6.04. The molecule has 5 nitrogen and oxygen atoms in total. The van der Waals surface area contributed by atoms with Crippen molar-refractivity contribution in [3.05, 3.63) is 66.0 Å². The van der Waals surface area contributed by atoms with Gasteiger partial charge in [-0.3, -0.25) is 0 Å². The molecule has 0 N–H and O–H groups in total. The highest BCUT2D eigenvalue weighted by atomic mass is 32.1. The molecule has 4 aromatic rings. The highest BCUT2D eigenvalue weighted by Gasteiger charge is 2.54. The van der Waals surface area contributed by atoms with E-state index >= 15 is 0 Å². The van der Waals surface area contributed by atoms with Crippen LogP contribution in [0.3, 0.4) is 0 Å². The number of aromatic nitrogens is 4. The number of rotatable bonds is 5. The van der Waals surface area contributed by atoms with Crippen molar-refractivity contribution in [3.8, 4) is 16.3 Å². The maximum Gasteiger partial charge on any atom is 0.235 e. The summed E-state index contributed by atoms with van der Waals surface area (Å²) in [5.74, 6) is 4.62. The number of fused-ring (bicyclic) bond motifs is 1. The van der Waals surface area contributed by atoms with Crippen molar-refractivity contribution < 1.29 is 4.74 Å². The zero-order chi connectivity index (χ0) is 21.1. The van der Waals surface area contributed by atoms with Gasteiger partial charge in [-0.1, -0.05) is 53.8 Å². The molecule has 4 aliphatic carbocycles. The van der Waals surface area contributed by atoms with Crippen LogP contribution in [0.5, 0.6) is 5.75 Å². The van der Waals surface area contributed by atoms with Gasteiger partial charge in [-0.15, -0.1) is 10.2 Å². The van der Waals surface area contributed by atoms with E-state index in [4.69, 9.17) is 14.9 Å². The first-order valence-electron chi connectivity index (χ1n) is 11.7. The Balaban J connectivity index is 1.19. The molecule has 6 heteroatoms. The summed E-state index contributed by atoms with van der Waals surface area (Å²) < 4.78 is 8.10. The lowest BCUT2D eigenvalue weighted by Crippen LogP contribution is -2.49. The molecule has 0 aliphatic heterocycles. The SMILES string of the molecule is c1ccc(COc2cccc(-c3nn4c(C56CC7CC(CC(C7)C5)C6)nnc4s3)c2)cc1. The first-order valence-corrected chi connectivity index (χ1v) is 12.6. The number of hydrogen-bond donors (Lipinski definition) is 0. The van der Waals surface area contributed by atoms with Crippen LogP contribution in [0.15, 0.2) is 54.6 Å². The van der Waals surface area contributed by atoms with E-state index in [-0.39, 0.29) is 5.41 Å². The van der Waals surface area contributed by atoms with Crippen LogP contribution in [-0.4, -0.2) is 19.8 Å². The molecule has 8 rings (SSSR count). The predicted octanol–water partition coefficient (Wildman–Crippen LogP) is 5.90. The minimum Gasteiger partial charge on any atom is -0.489 e. The van der Waals surface area contributed by atoms with Gasteiger partial charge in [0.05, 0.1) is 0 Å². The first kappa shape index (κ1) is 18.8. The second-order valence-corrected chi connectivity index (χ2v) is 11.1. The summed E-state index contributed by atoms with van der Waals surface area (Å²) in [6.45, 7) is 0.561. The first-order chi connectivity index (χ1) is 15.7. The van der Waals surface area contributed by atoms with E-state index in [1.54, 1.807) is 11.3 Å². The van der Waals surface area contributed by atoms with E-state index in [2.05, 4.69) is 33.9 Å². The van der Waals surface area contributed by atoms with Crippen LogP contribution >= 0.6 is 11.3 Å². The molecular weight excluding hydrogens is 416 g/mol. The van der Waals surface area contributed by atoms with Crippen molar-refractivity contribution in [3.63, 3.8) is 0 Å². The molecule has 0 amide bonds. The summed E-state index contributed by atoms with van der Waals surface area (Å²) in [5.41, 5.74) is 2.43. The Morgan fingerprint density at radius 3 is 2.41 bits per heavy atom. The summed E-state index contributed by atoms with van der Waals surface area (Å²) >= 11 is 1.62. The molecule has 0 unspecified atom stereocenters. The van der Waals surface area contributed by atoms with E-state index in [0.717, 1.165) is 50.4 Å². The Hall–Kier alpha value is -2.73. The average molecular weight is 443 g/mol. The normalized spacial score (nSPS) is 28.4. The lowest BCUT2D eigenvalue weighted by molar-refractivity contribution is -0.0103. The van der Waals surface area contributed by atoms with Crippen molar-refractivity contribution in [2.45, 2.75) is 50.5 Å². The summed E-state index contributed by atoms with van der Waals surface area (Å²) in [5, 5.41) is 15.2. The lowest BCUT2D eigenvalue weighted by Gasteiger charge is -2.55. The van der Waals surface area contributed by atoms with Gasteiger partial charge in [0, 0.05) is 11.0 Å². The van der Waals surface area contributed by atoms with E-state index in [1.807, 2.05) is 30.3 Å². The van der Waals surface area contributed by atoms with Crippen LogP contribution in [0.1, 0.15) is 49.9 Å². The minimum absolute atomic E-state index is 0.195. The number of nitrogens with zero attached hydrogens (tertiary/aromatic N) is 4. The van der Waals surface area contributed by atoms with Gasteiger partial charge in [0.1, 0.15) is 17.4 Å². The second kappa shape index (κ2) is 7.14. The summed E-state index contributed by atoms with van der Waals surface area (Å²) in [6.07, 6.45) is 8.11. The van der Waals surface area contributed by atoms with Crippen LogP contribution in [0.2, 0.25) is 0 Å². The Morgan fingerprint density at radius 1 is 0.906 bits per heavy atom. The zero-order valence-electron chi connectivity index (χ0n) is 18.0. The molecule has 2 aromatic carbocycles. The van der Waals surface area contributed by atoms with Gasteiger partial charge in [-0.2, -0.15) is 9.61 Å². The van der Waals surface area contributed by atoms with Crippen LogP contribution in [0.25, 0.3) is 15.5 Å². The molecule has 162 valence electrons. The highest BCUT2D eigenvalue weighted by molar-refractivity contribution is 7.19. The minimum atomic E-state index is 0.195. The predicted molar refractivity (Wildman–Crippen MR) is 125 cm³/mol.